The number of rotatable bonds is 6. The van der Waals surface area contributed by atoms with Crippen molar-refractivity contribution in [2.75, 3.05) is 5.75 Å². The minimum absolute atomic E-state index is 0.213. The van der Waals surface area contributed by atoms with Gasteiger partial charge in [-0.05, 0) is 11.1 Å². The Hall–Kier alpha value is -1.98. The topological polar surface area (TPSA) is 58.3 Å². The molecule has 110 valence electrons. The van der Waals surface area contributed by atoms with Crippen LogP contribution in [0, 0.1) is 0 Å². The number of nitrogens with zero attached hydrogens (tertiary/aromatic N) is 1. The molecule has 0 bridgehead atoms. The molecular weight excluding hydrogens is 286 g/mol. The fourth-order valence-electron chi connectivity index (χ4n) is 1.92. The molecule has 0 atom stereocenters. The second-order valence-corrected chi connectivity index (χ2v) is 6.32. The van der Waals surface area contributed by atoms with Crippen LogP contribution in [0.1, 0.15) is 17.5 Å². The second kappa shape index (κ2) is 7.15. The summed E-state index contributed by atoms with van der Waals surface area (Å²) >= 11 is 0. The zero-order valence-electron chi connectivity index (χ0n) is 11.6. The SMILES string of the molecule is O=S(=O)(O)CCC[n+]1ccc(/C=C/c2ccccc2)cc1. The number of hydrogen-bond acceptors (Lipinski definition) is 2. The third-order valence-corrected chi connectivity index (χ3v) is 3.81. The summed E-state index contributed by atoms with van der Waals surface area (Å²) in [4.78, 5) is 0. The summed E-state index contributed by atoms with van der Waals surface area (Å²) in [6, 6.07) is 14.0. The molecule has 21 heavy (non-hydrogen) atoms. The smallest absolute Gasteiger partial charge is 0.265 e. The molecule has 0 saturated carbocycles. The van der Waals surface area contributed by atoms with Crippen LogP contribution in [0.15, 0.2) is 54.9 Å². The van der Waals surface area contributed by atoms with Gasteiger partial charge in [0.1, 0.15) is 6.54 Å². The number of aromatic nitrogens is 1. The second-order valence-electron chi connectivity index (χ2n) is 4.75. The fourth-order valence-corrected chi connectivity index (χ4v) is 2.41. The van der Waals surface area contributed by atoms with Crippen molar-refractivity contribution in [2.24, 2.45) is 0 Å². The van der Waals surface area contributed by atoms with Gasteiger partial charge in [0.15, 0.2) is 12.4 Å². The largest absolute Gasteiger partial charge is 0.286 e. The lowest BCUT2D eigenvalue weighted by atomic mass is 10.1. The van der Waals surface area contributed by atoms with Crippen LogP contribution in [0.5, 0.6) is 0 Å². The van der Waals surface area contributed by atoms with Crippen molar-refractivity contribution in [3.63, 3.8) is 0 Å². The Morgan fingerprint density at radius 3 is 2.10 bits per heavy atom. The van der Waals surface area contributed by atoms with Crippen LogP contribution in [0.25, 0.3) is 12.2 Å². The van der Waals surface area contributed by atoms with E-state index in [1.807, 2.05) is 71.6 Å². The summed E-state index contributed by atoms with van der Waals surface area (Å²) in [6.45, 7) is 0.558. The normalized spacial score (nSPS) is 11.9. The average Bonchev–Trinajstić information content (AvgIpc) is 2.46. The molecule has 0 amide bonds. The first-order chi connectivity index (χ1) is 10.0. The zero-order valence-corrected chi connectivity index (χ0v) is 12.4. The third-order valence-electron chi connectivity index (χ3n) is 3.00. The lowest BCUT2D eigenvalue weighted by molar-refractivity contribution is -0.696. The highest BCUT2D eigenvalue weighted by Gasteiger charge is 2.06. The van der Waals surface area contributed by atoms with Crippen molar-refractivity contribution in [3.05, 3.63) is 66.0 Å². The Morgan fingerprint density at radius 2 is 1.52 bits per heavy atom. The predicted molar refractivity (Wildman–Crippen MR) is 83.0 cm³/mol. The fraction of sp³-hybridized carbons (Fsp3) is 0.188. The molecule has 0 aliphatic heterocycles. The number of aryl methyl sites for hydroxylation is 1. The summed E-state index contributed by atoms with van der Waals surface area (Å²) in [5.41, 5.74) is 2.22. The maximum absolute atomic E-state index is 10.6. The van der Waals surface area contributed by atoms with Crippen LogP contribution in [0.3, 0.4) is 0 Å². The molecule has 0 fully saturated rings. The summed E-state index contributed by atoms with van der Waals surface area (Å²) in [6.07, 6.45) is 8.25. The zero-order chi connectivity index (χ0) is 15.1. The van der Waals surface area contributed by atoms with Gasteiger partial charge in [-0.1, -0.05) is 42.5 Å². The summed E-state index contributed by atoms with van der Waals surface area (Å²) in [5, 5.41) is 0. The van der Waals surface area contributed by atoms with Crippen molar-refractivity contribution < 1.29 is 17.5 Å². The Kier molecular flexibility index (Phi) is 5.25. The first-order valence-electron chi connectivity index (χ1n) is 6.70. The predicted octanol–water partition coefficient (Wildman–Crippen LogP) is 2.42. The van der Waals surface area contributed by atoms with Crippen molar-refractivity contribution in [2.45, 2.75) is 13.0 Å². The van der Waals surface area contributed by atoms with E-state index in [4.69, 9.17) is 4.55 Å². The Morgan fingerprint density at radius 1 is 0.952 bits per heavy atom. The maximum Gasteiger partial charge on any atom is 0.265 e. The summed E-state index contributed by atoms with van der Waals surface area (Å²) in [7, 11) is -3.87. The lowest BCUT2D eigenvalue weighted by Gasteiger charge is -1.97. The molecule has 5 heteroatoms. The molecule has 2 rings (SSSR count). The highest BCUT2D eigenvalue weighted by molar-refractivity contribution is 7.85. The van der Waals surface area contributed by atoms with Gasteiger partial charge >= 0.3 is 0 Å². The molecule has 0 saturated heterocycles. The molecule has 0 radical (unpaired) electrons. The van der Waals surface area contributed by atoms with Crippen LogP contribution >= 0.6 is 0 Å². The molecule has 1 N–H and O–H groups in total. The van der Waals surface area contributed by atoms with Gasteiger partial charge in [0.25, 0.3) is 10.1 Å². The number of pyridine rings is 1. The van der Waals surface area contributed by atoms with E-state index < -0.39 is 10.1 Å². The van der Waals surface area contributed by atoms with Crippen LogP contribution in [-0.4, -0.2) is 18.7 Å². The molecule has 4 nitrogen and oxygen atoms in total. The first-order valence-corrected chi connectivity index (χ1v) is 8.31. The quantitative estimate of drug-likeness (QED) is 0.658. The minimum atomic E-state index is -3.87. The Balaban J connectivity index is 1.91. The van der Waals surface area contributed by atoms with Gasteiger partial charge in [0, 0.05) is 18.6 Å². The van der Waals surface area contributed by atoms with Gasteiger partial charge in [0.05, 0.1) is 5.75 Å². The van der Waals surface area contributed by atoms with E-state index in [1.54, 1.807) is 0 Å². The molecule has 2 aromatic rings. The van der Waals surface area contributed by atoms with E-state index >= 15 is 0 Å². The molecule has 1 heterocycles. The number of hydrogen-bond donors (Lipinski definition) is 1. The van der Waals surface area contributed by atoms with Gasteiger partial charge in [-0.3, -0.25) is 4.55 Å². The Labute approximate surface area is 125 Å². The number of benzene rings is 1. The molecule has 0 spiro atoms. The van der Waals surface area contributed by atoms with Gasteiger partial charge in [-0.2, -0.15) is 8.42 Å². The van der Waals surface area contributed by atoms with Crippen LogP contribution in [-0.2, 0) is 16.7 Å². The van der Waals surface area contributed by atoms with Crippen molar-refractivity contribution in [1.29, 1.82) is 0 Å². The van der Waals surface area contributed by atoms with E-state index in [0.29, 0.717) is 13.0 Å². The van der Waals surface area contributed by atoms with Crippen LogP contribution in [0.4, 0.5) is 0 Å². The van der Waals surface area contributed by atoms with Crippen LogP contribution < -0.4 is 4.57 Å². The Bertz CT molecular complexity index is 692. The van der Waals surface area contributed by atoms with E-state index in [0.717, 1.165) is 11.1 Å². The van der Waals surface area contributed by atoms with Crippen molar-refractivity contribution in [3.8, 4) is 0 Å². The van der Waals surface area contributed by atoms with Gasteiger partial charge in [-0.15, -0.1) is 0 Å². The first kappa shape index (κ1) is 15.4. The van der Waals surface area contributed by atoms with Crippen molar-refractivity contribution >= 4 is 22.3 Å². The van der Waals surface area contributed by atoms with Gasteiger partial charge in [0.2, 0.25) is 0 Å². The summed E-state index contributed by atoms with van der Waals surface area (Å²) in [5.74, 6) is -0.213. The van der Waals surface area contributed by atoms with Gasteiger partial charge < -0.3 is 0 Å². The van der Waals surface area contributed by atoms with E-state index in [2.05, 4.69) is 0 Å². The molecule has 0 aliphatic carbocycles. The maximum atomic E-state index is 10.6. The standard InChI is InChI=1S/C16H17NO3S/c18-21(19,20)14-4-11-17-12-9-16(10-13-17)8-7-15-5-2-1-3-6-15/h1-3,5-10,12-13H,4,11,14H2/p+1/b8-7+. The highest BCUT2D eigenvalue weighted by atomic mass is 32.2. The van der Waals surface area contributed by atoms with Crippen LogP contribution in [0.2, 0.25) is 0 Å². The minimum Gasteiger partial charge on any atom is -0.286 e. The van der Waals surface area contributed by atoms with Gasteiger partial charge in [-0.25, -0.2) is 4.57 Å². The lowest BCUT2D eigenvalue weighted by Crippen LogP contribution is -2.33. The molecule has 0 aliphatic rings. The molecule has 1 aromatic heterocycles. The van der Waals surface area contributed by atoms with E-state index in [9.17, 15) is 8.42 Å². The molecule has 0 unspecified atom stereocenters. The molecular formula is C16H18NO3S+. The highest BCUT2D eigenvalue weighted by Crippen LogP contribution is 2.06. The monoisotopic (exact) mass is 304 g/mol. The van der Waals surface area contributed by atoms with Crippen molar-refractivity contribution in [1.82, 2.24) is 0 Å². The average molecular weight is 304 g/mol. The van der Waals surface area contributed by atoms with E-state index in [1.165, 1.54) is 0 Å². The third kappa shape index (κ3) is 5.89. The molecule has 1 aromatic carbocycles. The van der Waals surface area contributed by atoms with E-state index in [-0.39, 0.29) is 5.75 Å². The summed E-state index contributed by atoms with van der Waals surface area (Å²) < 4.78 is 31.8.